The predicted octanol–water partition coefficient (Wildman–Crippen LogP) is 5.29. The van der Waals surface area contributed by atoms with Gasteiger partial charge in [-0.2, -0.15) is 5.10 Å². The second-order valence-electron chi connectivity index (χ2n) is 9.37. The van der Waals surface area contributed by atoms with Crippen LogP contribution in [0.2, 0.25) is 0 Å². The number of benzene rings is 2. The summed E-state index contributed by atoms with van der Waals surface area (Å²) < 4.78 is 16.6. The number of carbonyl (C=O) groups excluding carboxylic acids is 2. The fourth-order valence-corrected chi connectivity index (χ4v) is 4.15. The van der Waals surface area contributed by atoms with Crippen molar-refractivity contribution in [3.63, 3.8) is 0 Å². The average Bonchev–Trinajstić information content (AvgIpc) is 2.91. The van der Waals surface area contributed by atoms with E-state index in [-0.39, 0.29) is 12.0 Å². The van der Waals surface area contributed by atoms with Crippen LogP contribution < -0.4 is 14.8 Å². The molecule has 0 saturated heterocycles. The van der Waals surface area contributed by atoms with Gasteiger partial charge in [0.25, 0.3) is 0 Å². The molecule has 1 N–H and O–H groups in total. The van der Waals surface area contributed by atoms with E-state index >= 15 is 0 Å². The summed E-state index contributed by atoms with van der Waals surface area (Å²) in [7, 11) is 1.61. The van der Waals surface area contributed by atoms with E-state index in [0.717, 1.165) is 42.9 Å². The summed E-state index contributed by atoms with van der Waals surface area (Å²) in [5.74, 6) is 1.28. The van der Waals surface area contributed by atoms with Crippen LogP contribution in [-0.4, -0.2) is 67.1 Å². The molecule has 0 unspecified atom stereocenters. The molecular weight excluding hydrogens is 484 g/mol. The molecule has 3 rings (SSSR count). The highest BCUT2D eigenvalue weighted by atomic mass is 16.5. The van der Waals surface area contributed by atoms with Crippen molar-refractivity contribution in [3.8, 4) is 11.5 Å². The van der Waals surface area contributed by atoms with Gasteiger partial charge in [-0.25, -0.2) is 9.80 Å². The molecule has 2 amide bonds. The van der Waals surface area contributed by atoms with Gasteiger partial charge < -0.3 is 19.1 Å². The third-order valence-corrected chi connectivity index (χ3v) is 6.24. The first kappa shape index (κ1) is 29.0. The zero-order valence-electron chi connectivity index (χ0n) is 23.2. The number of hydrogen-bond donors (Lipinski definition) is 1. The van der Waals surface area contributed by atoms with Crippen molar-refractivity contribution in [2.45, 2.75) is 59.6 Å². The van der Waals surface area contributed by atoms with Gasteiger partial charge >= 0.3 is 6.09 Å². The summed E-state index contributed by atoms with van der Waals surface area (Å²) in [6, 6.07) is 13.0. The molecule has 9 nitrogen and oxygen atoms in total. The number of ether oxygens (including phenoxy) is 3. The maximum absolute atomic E-state index is 12.6. The molecule has 0 fully saturated rings. The summed E-state index contributed by atoms with van der Waals surface area (Å²) in [5.41, 5.74) is 3.25. The molecule has 0 aromatic heterocycles. The molecule has 0 saturated carbocycles. The van der Waals surface area contributed by atoms with Crippen LogP contribution in [0.4, 0.5) is 10.5 Å². The van der Waals surface area contributed by atoms with Crippen LogP contribution in [0, 0.1) is 0 Å². The first-order chi connectivity index (χ1) is 18.3. The van der Waals surface area contributed by atoms with Crippen molar-refractivity contribution in [1.29, 1.82) is 0 Å². The first-order valence-electron chi connectivity index (χ1n) is 13.3. The normalized spacial score (nSPS) is 13.5. The number of nitrogens with one attached hydrogen (secondary N) is 1. The Morgan fingerprint density at radius 2 is 1.82 bits per heavy atom. The minimum atomic E-state index is -0.474. The van der Waals surface area contributed by atoms with Crippen LogP contribution in [0.15, 0.2) is 47.6 Å². The summed E-state index contributed by atoms with van der Waals surface area (Å²) >= 11 is 0. The highest BCUT2D eigenvalue weighted by molar-refractivity contribution is 6.04. The molecule has 2 aromatic rings. The minimum absolute atomic E-state index is 0.00221. The number of carbonyl (C=O) groups is 2. The molecule has 0 bridgehead atoms. The summed E-state index contributed by atoms with van der Waals surface area (Å²) in [6.45, 7) is 11.7. The van der Waals surface area contributed by atoms with Gasteiger partial charge in [-0.15, -0.1) is 0 Å². The van der Waals surface area contributed by atoms with E-state index in [1.54, 1.807) is 19.2 Å². The molecule has 0 aliphatic carbocycles. The Morgan fingerprint density at radius 3 is 2.47 bits per heavy atom. The average molecular weight is 525 g/mol. The zero-order chi connectivity index (χ0) is 27.5. The van der Waals surface area contributed by atoms with Gasteiger partial charge in [-0.05, 0) is 69.3 Å². The SMILES string of the molecule is CCN(CC)CCCOC(=O)Nc1ccc(CN2N=C(c3ccc(OC)c(OC(C)C)c3)CCC2=O)cc1. The molecule has 0 radical (unpaired) electrons. The van der Waals surface area contributed by atoms with Gasteiger partial charge in [0.1, 0.15) is 0 Å². The molecule has 0 spiro atoms. The fraction of sp³-hybridized carbons (Fsp3) is 0.483. The molecule has 9 heteroatoms. The second-order valence-corrected chi connectivity index (χ2v) is 9.37. The van der Waals surface area contributed by atoms with Gasteiger partial charge in [0.05, 0.1) is 32.1 Å². The van der Waals surface area contributed by atoms with Crippen molar-refractivity contribution >= 4 is 23.4 Å². The Kier molecular flexibility index (Phi) is 11.0. The quantitative estimate of drug-likeness (QED) is 0.358. The zero-order valence-corrected chi connectivity index (χ0v) is 23.2. The van der Waals surface area contributed by atoms with Gasteiger partial charge in [-0.3, -0.25) is 10.1 Å². The Hall–Kier alpha value is -3.59. The number of anilines is 1. The minimum Gasteiger partial charge on any atom is -0.493 e. The number of amides is 2. The van der Waals surface area contributed by atoms with Crippen LogP contribution in [0.1, 0.15) is 58.1 Å². The third-order valence-electron chi connectivity index (χ3n) is 6.24. The van der Waals surface area contributed by atoms with Gasteiger partial charge in [-0.1, -0.05) is 26.0 Å². The molecule has 1 heterocycles. The number of nitrogens with zero attached hydrogens (tertiary/aromatic N) is 3. The van der Waals surface area contributed by atoms with Crippen molar-refractivity contribution in [2.75, 3.05) is 38.7 Å². The molecule has 38 heavy (non-hydrogen) atoms. The van der Waals surface area contributed by atoms with Gasteiger partial charge in [0.15, 0.2) is 11.5 Å². The summed E-state index contributed by atoms with van der Waals surface area (Å²) in [5, 5.41) is 8.90. The monoisotopic (exact) mass is 524 g/mol. The van der Waals surface area contributed by atoms with E-state index in [9.17, 15) is 9.59 Å². The maximum Gasteiger partial charge on any atom is 0.411 e. The maximum atomic E-state index is 12.6. The summed E-state index contributed by atoms with van der Waals surface area (Å²) in [6.07, 6.45) is 1.26. The third kappa shape index (κ3) is 8.48. The van der Waals surface area contributed by atoms with Gasteiger partial charge in [0.2, 0.25) is 5.91 Å². The lowest BCUT2D eigenvalue weighted by molar-refractivity contribution is -0.132. The smallest absolute Gasteiger partial charge is 0.411 e. The molecule has 206 valence electrons. The van der Waals surface area contributed by atoms with E-state index in [2.05, 4.69) is 29.2 Å². The Balaban J connectivity index is 1.59. The molecule has 0 atom stereocenters. The molecule has 2 aromatic carbocycles. The largest absolute Gasteiger partial charge is 0.493 e. The van der Waals surface area contributed by atoms with Crippen LogP contribution in [-0.2, 0) is 16.1 Å². The van der Waals surface area contributed by atoms with E-state index < -0.39 is 6.09 Å². The van der Waals surface area contributed by atoms with Crippen molar-refractivity contribution in [1.82, 2.24) is 9.91 Å². The number of rotatable bonds is 13. The number of hydrazone groups is 1. The lowest BCUT2D eigenvalue weighted by atomic mass is 10.0. The van der Waals surface area contributed by atoms with Crippen molar-refractivity contribution in [3.05, 3.63) is 53.6 Å². The molecule has 1 aliphatic rings. The molecule has 1 aliphatic heterocycles. The Morgan fingerprint density at radius 1 is 1.08 bits per heavy atom. The first-order valence-corrected chi connectivity index (χ1v) is 13.3. The Labute approximate surface area is 225 Å². The topological polar surface area (TPSA) is 92.7 Å². The standard InChI is InChI=1S/C29H40N4O5/c1-6-32(7-2)17-8-18-37-29(35)30-24-12-9-22(10-13-24)20-33-28(34)16-14-25(31-33)23-11-15-26(36-5)27(19-23)38-21(3)4/h9-13,15,19,21H,6-8,14,16-18,20H2,1-5H3,(H,30,35). The lowest BCUT2D eigenvalue weighted by Gasteiger charge is -2.24. The van der Waals surface area contributed by atoms with Crippen molar-refractivity contribution < 1.29 is 23.8 Å². The number of methoxy groups -OCH3 is 1. The van der Waals surface area contributed by atoms with Crippen LogP contribution in [0.3, 0.4) is 0 Å². The van der Waals surface area contributed by atoms with Crippen LogP contribution in [0.5, 0.6) is 11.5 Å². The highest BCUT2D eigenvalue weighted by Gasteiger charge is 2.22. The lowest BCUT2D eigenvalue weighted by Crippen LogP contribution is -2.31. The van der Waals surface area contributed by atoms with Crippen LogP contribution >= 0.6 is 0 Å². The van der Waals surface area contributed by atoms with E-state index in [1.807, 2.05) is 44.2 Å². The predicted molar refractivity (Wildman–Crippen MR) is 149 cm³/mol. The van der Waals surface area contributed by atoms with E-state index in [4.69, 9.17) is 14.2 Å². The van der Waals surface area contributed by atoms with E-state index in [0.29, 0.717) is 43.2 Å². The highest BCUT2D eigenvalue weighted by Crippen LogP contribution is 2.30. The molecular formula is C29H40N4O5. The van der Waals surface area contributed by atoms with E-state index in [1.165, 1.54) is 5.01 Å². The fourth-order valence-electron chi connectivity index (χ4n) is 4.15. The Bertz CT molecular complexity index is 1100. The van der Waals surface area contributed by atoms with Gasteiger partial charge in [0, 0.05) is 30.6 Å². The second kappa shape index (κ2) is 14.4. The summed E-state index contributed by atoms with van der Waals surface area (Å²) in [4.78, 5) is 27.0. The van der Waals surface area contributed by atoms with Crippen molar-refractivity contribution in [2.24, 2.45) is 5.10 Å². The van der Waals surface area contributed by atoms with Crippen LogP contribution in [0.25, 0.3) is 0 Å². The number of hydrogen-bond acceptors (Lipinski definition) is 7.